The van der Waals surface area contributed by atoms with Crippen LogP contribution in [0.3, 0.4) is 0 Å². The highest BCUT2D eigenvalue weighted by molar-refractivity contribution is 4.47. The fraction of sp³-hybridized carbons (Fsp3) is 0.667. The molecule has 2 heteroatoms. The molecular weight excluding hydrogens is 68.0 g/mol. The third-order valence-corrected chi connectivity index (χ3v) is 0.241. The molecule has 0 saturated carbocycles. The van der Waals surface area contributed by atoms with Crippen LogP contribution in [0.1, 0.15) is 6.92 Å². The second-order valence-corrected chi connectivity index (χ2v) is 0.704. The molecule has 0 aromatic heterocycles. The monoisotopic (exact) mass is 75.0 g/mol. The zero-order valence-electron chi connectivity index (χ0n) is 3.14. The Bertz CT molecular complexity index is 12.4. The lowest BCUT2D eigenvalue weighted by Gasteiger charge is -1.81. The van der Waals surface area contributed by atoms with Crippen LogP contribution in [0.2, 0.25) is 0 Å². The van der Waals surface area contributed by atoms with Gasteiger partial charge in [-0.15, -0.1) is 0 Å². The van der Waals surface area contributed by atoms with E-state index in [1.165, 1.54) is 0 Å². The van der Waals surface area contributed by atoms with Gasteiger partial charge in [0.25, 0.3) is 0 Å². The van der Waals surface area contributed by atoms with Crippen molar-refractivity contribution in [1.82, 2.24) is 0 Å². The Hall–Kier alpha value is -0.0800. The molecule has 0 aromatic rings. The smallest absolute Gasteiger partial charge is 0.0848 e. The first-order chi connectivity index (χ1) is 2.41. The van der Waals surface area contributed by atoms with Crippen LogP contribution in [0, 0.1) is 6.42 Å². The molecule has 0 spiro atoms. The fourth-order valence-corrected chi connectivity index (χ4v) is 0.0745. The minimum absolute atomic E-state index is 0.319. The van der Waals surface area contributed by atoms with Crippen LogP contribution < -0.4 is 0 Å². The highest BCUT2D eigenvalue weighted by Gasteiger charge is 1.69. The summed E-state index contributed by atoms with van der Waals surface area (Å²) < 4.78 is 0. The average Bonchev–Trinajstić information content (AvgIpc) is 1.41. The van der Waals surface area contributed by atoms with E-state index >= 15 is 0 Å². The molecule has 2 nitrogen and oxygen atoms in total. The lowest BCUT2D eigenvalue weighted by molar-refractivity contribution is -0.234. The predicted octanol–water partition coefficient (Wildman–Crippen LogP) is 0.700. The van der Waals surface area contributed by atoms with E-state index in [0.717, 1.165) is 0 Å². The summed E-state index contributed by atoms with van der Waals surface area (Å²) >= 11 is 0. The second-order valence-electron chi connectivity index (χ2n) is 0.704. The molecule has 0 saturated heterocycles. The van der Waals surface area contributed by atoms with Crippen LogP contribution in [0.5, 0.6) is 0 Å². The Morgan fingerprint density at radius 1 is 2.00 bits per heavy atom. The first kappa shape index (κ1) is 4.92. The number of hydrogen-bond donors (Lipinski definition) is 1. The SMILES string of the molecule is C[CH]COO. The fourth-order valence-electron chi connectivity index (χ4n) is 0.0745. The zero-order valence-corrected chi connectivity index (χ0v) is 3.14. The van der Waals surface area contributed by atoms with E-state index in [1.54, 1.807) is 13.3 Å². The summed E-state index contributed by atoms with van der Waals surface area (Å²) in [4.78, 5) is 3.64. The van der Waals surface area contributed by atoms with Crippen molar-refractivity contribution in [3.63, 3.8) is 0 Å². The van der Waals surface area contributed by atoms with E-state index in [9.17, 15) is 0 Å². The third-order valence-electron chi connectivity index (χ3n) is 0.241. The van der Waals surface area contributed by atoms with Gasteiger partial charge in [-0.1, -0.05) is 6.92 Å². The van der Waals surface area contributed by atoms with E-state index in [-0.39, 0.29) is 0 Å². The highest BCUT2D eigenvalue weighted by Crippen LogP contribution is 1.68. The van der Waals surface area contributed by atoms with Gasteiger partial charge in [-0.3, -0.25) is 5.26 Å². The van der Waals surface area contributed by atoms with E-state index < -0.39 is 0 Å². The molecule has 0 aromatic carbocycles. The molecule has 1 radical (unpaired) electrons. The van der Waals surface area contributed by atoms with Crippen molar-refractivity contribution in [3.8, 4) is 0 Å². The van der Waals surface area contributed by atoms with Crippen molar-refractivity contribution in [2.75, 3.05) is 6.61 Å². The molecule has 0 atom stereocenters. The molecule has 5 heavy (non-hydrogen) atoms. The van der Waals surface area contributed by atoms with Gasteiger partial charge >= 0.3 is 0 Å². The molecule has 0 fully saturated rings. The predicted molar refractivity (Wildman–Crippen MR) is 18.6 cm³/mol. The van der Waals surface area contributed by atoms with Crippen molar-refractivity contribution < 1.29 is 10.1 Å². The maximum Gasteiger partial charge on any atom is 0.0848 e. The van der Waals surface area contributed by atoms with Crippen molar-refractivity contribution in [2.45, 2.75) is 6.92 Å². The summed E-state index contributed by atoms with van der Waals surface area (Å²) in [5, 5.41) is 7.54. The topological polar surface area (TPSA) is 29.5 Å². The molecule has 0 rings (SSSR count). The van der Waals surface area contributed by atoms with Crippen LogP contribution in [-0.4, -0.2) is 11.9 Å². The summed E-state index contributed by atoms with van der Waals surface area (Å²) in [6, 6.07) is 0. The van der Waals surface area contributed by atoms with Crippen molar-refractivity contribution >= 4 is 0 Å². The largest absolute Gasteiger partial charge is 0.252 e. The molecule has 0 bridgehead atoms. The van der Waals surface area contributed by atoms with Gasteiger partial charge in [0, 0.05) is 0 Å². The van der Waals surface area contributed by atoms with E-state index in [1.807, 2.05) is 0 Å². The summed E-state index contributed by atoms with van der Waals surface area (Å²) in [5.41, 5.74) is 0. The summed E-state index contributed by atoms with van der Waals surface area (Å²) in [6.07, 6.45) is 1.71. The molecule has 0 unspecified atom stereocenters. The van der Waals surface area contributed by atoms with Gasteiger partial charge in [0.15, 0.2) is 0 Å². The summed E-state index contributed by atoms with van der Waals surface area (Å²) in [6.45, 7) is 2.12. The Kier molecular flexibility index (Phi) is 3.86. The number of hydrogen-bond acceptors (Lipinski definition) is 2. The maximum atomic E-state index is 7.54. The van der Waals surface area contributed by atoms with E-state index in [4.69, 9.17) is 5.26 Å². The second kappa shape index (κ2) is 3.92. The lowest BCUT2D eigenvalue weighted by atomic mass is 10.5. The molecule has 31 valence electrons. The van der Waals surface area contributed by atoms with Gasteiger partial charge in [-0.05, 0) is 6.42 Å². The van der Waals surface area contributed by atoms with Crippen molar-refractivity contribution in [2.24, 2.45) is 0 Å². The molecule has 0 aliphatic carbocycles. The average molecular weight is 75.1 g/mol. The zero-order chi connectivity index (χ0) is 4.12. The molecule has 0 amide bonds. The Balaban J connectivity index is 2.19. The Labute approximate surface area is 31.3 Å². The molecule has 0 aliphatic heterocycles. The standard InChI is InChI=1S/C3H7O2/c1-2-3-5-4/h2,4H,3H2,1H3. The first-order valence-electron chi connectivity index (χ1n) is 1.46. The third kappa shape index (κ3) is 3.92. The Morgan fingerprint density at radius 3 is 2.60 bits per heavy atom. The van der Waals surface area contributed by atoms with Gasteiger partial charge < -0.3 is 0 Å². The van der Waals surface area contributed by atoms with Gasteiger partial charge in [0.1, 0.15) is 0 Å². The van der Waals surface area contributed by atoms with Gasteiger partial charge in [0.2, 0.25) is 0 Å². The van der Waals surface area contributed by atoms with Crippen LogP contribution in [0.4, 0.5) is 0 Å². The summed E-state index contributed by atoms with van der Waals surface area (Å²) in [7, 11) is 0. The molecule has 0 heterocycles. The van der Waals surface area contributed by atoms with E-state index in [0.29, 0.717) is 6.61 Å². The van der Waals surface area contributed by atoms with Crippen LogP contribution in [0.15, 0.2) is 0 Å². The summed E-state index contributed by atoms with van der Waals surface area (Å²) in [5.74, 6) is 0. The van der Waals surface area contributed by atoms with Gasteiger partial charge in [0.05, 0.1) is 6.61 Å². The van der Waals surface area contributed by atoms with Crippen molar-refractivity contribution in [3.05, 3.63) is 6.42 Å². The Morgan fingerprint density at radius 2 is 2.60 bits per heavy atom. The van der Waals surface area contributed by atoms with Crippen LogP contribution in [0.25, 0.3) is 0 Å². The quantitative estimate of drug-likeness (QED) is 0.386. The van der Waals surface area contributed by atoms with Gasteiger partial charge in [-0.2, -0.15) is 0 Å². The van der Waals surface area contributed by atoms with Crippen LogP contribution >= 0.6 is 0 Å². The molecule has 0 aliphatic rings. The minimum atomic E-state index is 0.319. The molecule has 1 N–H and O–H groups in total. The highest BCUT2D eigenvalue weighted by atomic mass is 17.1. The number of rotatable bonds is 2. The normalized spacial score (nSPS) is 8.40. The van der Waals surface area contributed by atoms with Crippen LogP contribution in [-0.2, 0) is 4.89 Å². The minimum Gasteiger partial charge on any atom is -0.252 e. The van der Waals surface area contributed by atoms with E-state index in [2.05, 4.69) is 4.89 Å². The lowest BCUT2D eigenvalue weighted by Crippen LogP contribution is -1.82. The first-order valence-corrected chi connectivity index (χ1v) is 1.46. The molecular formula is C3H7O2. The van der Waals surface area contributed by atoms with Crippen molar-refractivity contribution in [1.29, 1.82) is 0 Å². The maximum absolute atomic E-state index is 7.54. The van der Waals surface area contributed by atoms with Gasteiger partial charge in [-0.25, -0.2) is 4.89 Å².